The first-order chi connectivity index (χ1) is 18.7. The summed E-state index contributed by atoms with van der Waals surface area (Å²) in [6.07, 6.45) is -3.67. The number of primary amides is 1. The molecule has 0 saturated heterocycles. The van der Waals surface area contributed by atoms with E-state index in [4.69, 9.17) is 10.5 Å². The van der Waals surface area contributed by atoms with E-state index in [0.717, 1.165) is 18.2 Å². The van der Waals surface area contributed by atoms with Crippen LogP contribution in [0.1, 0.15) is 48.6 Å². The van der Waals surface area contributed by atoms with Crippen LogP contribution < -0.4 is 11.1 Å². The van der Waals surface area contributed by atoms with Crippen LogP contribution in [-0.2, 0) is 18.0 Å². The third-order valence-electron chi connectivity index (χ3n) is 5.93. The van der Waals surface area contributed by atoms with Gasteiger partial charge in [0.05, 0.1) is 28.8 Å². The van der Waals surface area contributed by atoms with Crippen molar-refractivity contribution in [2.24, 2.45) is 18.2 Å². The highest BCUT2D eigenvalue weighted by molar-refractivity contribution is 6.06. The Morgan fingerprint density at radius 1 is 1.05 bits per heavy atom. The number of anilines is 1. The zero-order chi connectivity index (χ0) is 29.2. The number of rotatable bonds is 6. The molecule has 0 bridgehead atoms. The van der Waals surface area contributed by atoms with Gasteiger partial charge in [-0.3, -0.25) is 9.48 Å². The van der Waals surface area contributed by atoms with Gasteiger partial charge in [-0.25, -0.2) is 14.8 Å². The number of amides is 2. The number of nitrogens with zero attached hydrogens (tertiary/aromatic N) is 4. The Labute approximate surface area is 228 Å². The number of benzene rings is 2. The molecule has 208 valence electrons. The molecule has 2 aromatic heterocycles. The van der Waals surface area contributed by atoms with Gasteiger partial charge in [-0.2, -0.15) is 18.3 Å². The maximum absolute atomic E-state index is 13.7. The third-order valence-corrected chi connectivity index (χ3v) is 5.93. The lowest BCUT2D eigenvalue weighted by Crippen LogP contribution is -2.28. The Hall–Kier alpha value is -4.74. The highest BCUT2D eigenvalue weighted by Gasteiger charge is 2.35. The van der Waals surface area contributed by atoms with E-state index in [1.807, 2.05) is 20.8 Å². The van der Waals surface area contributed by atoms with Gasteiger partial charge < -0.3 is 15.8 Å². The van der Waals surface area contributed by atoms with Crippen molar-refractivity contribution >= 4 is 17.7 Å². The number of ether oxygens (including phenoxy) is 1. The molecule has 0 fully saturated rings. The molecule has 3 N–H and O–H groups in total. The first-order valence-electron chi connectivity index (χ1n) is 12.1. The molecule has 12 heteroatoms. The summed E-state index contributed by atoms with van der Waals surface area (Å²) in [5.41, 5.74) is 4.71. The SMILES string of the molecule is Cn1ccc(-c2cc(C(=O)Nc3cnc(C(OC(N)=O)C(C)(C)C)nc3-c3ccccc3)ccc2C(F)(F)F)n1. The minimum absolute atomic E-state index is 0.0265. The average molecular weight is 553 g/mol. The molecule has 0 aliphatic heterocycles. The van der Waals surface area contributed by atoms with E-state index in [1.54, 1.807) is 37.4 Å². The second kappa shape index (κ2) is 10.8. The number of alkyl halides is 3. The summed E-state index contributed by atoms with van der Waals surface area (Å²) in [6, 6.07) is 13.4. The number of halogens is 3. The molecule has 4 aromatic rings. The summed E-state index contributed by atoms with van der Waals surface area (Å²) in [5.74, 6) is -0.518. The molecule has 0 saturated carbocycles. The summed E-state index contributed by atoms with van der Waals surface area (Å²) in [4.78, 5) is 33.8. The van der Waals surface area contributed by atoms with E-state index in [-0.39, 0.29) is 28.3 Å². The van der Waals surface area contributed by atoms with Crippen molar-refractivity contribution < 1.29 is 27.5 Å². The number of carbonyl (C=O) groups excluding carboxylic acids is 2. The van der Waals surface area contributed by atoms with Crippen molar-refractivity contribution in [3.05, 3.63) is 83.9 Å². The summed E-state index contributed by atoms with van der Waals surface area (Å²) in [6.45, 7) is 5.48. The highest BCUT2D eigenvalue weighted by Crippen LogP contribution is 2.38. The molecule has 0 aliphatic rings. The summed E-state index contributed by atoms with van der Waals surface area (Å²) >= 11 is 0. The first-order valence-corrected chi connectivity index (χ1v) is 12.1. The van der Waals surface area contributed by atoms with Crippen molar-refractivity contribution in [2.75, 3.05) is 5.32 Å². The number of hydrogen-bond donors (Lipinski definition) is 2. The normalized spacial score (nSPS) is 12.6. The quantitative estimate of drug-likeness (QED) is 0.302. The van der Waals surface area contributed by atoms with Crippen molar-refractivity contribution in [3.8, 4) is 22.5 Å². The Bertz CT molecular complexity index is 1550. The van der Waals surface area contributed by atoms with Gasteiger partial charge in [-0.1, -0.05) is 51.1 Å². The van der Waals surface area contributed by atoms with Crippen LogP contribution in [0.4, 0.5) is 23.7 Å². The minimum atomic E-state index is -4.65. The van der Waals surface area contributed by atoms with Crippen LogP contribution in [0.15, 0.2) is 67.0 Å². The molecule has 2 heterocycles. The standard InChI is InChI=1S/C28H27F3N6O3/c1-27(2,3)23(40-26(32)39)24-33-15-21(22(35-24)16-8-6-5-7-9-16)34-25(38)17-10-11-19(28(29,30)31)18(14-17)20-12-13-37(4)36-20/h5-15,23H,1-4H3,(H2,32,39)(H,34,38). The topological polar surface area (TPSA) is 125 Å². The predicted molar refractivity (Wildman–Crippen MR) is 142 cm³/mol. The Morgan fingerprint density at radius 2 is 1.75 bits per heavy atom. The number of aromatic nitrogens is 4. The van der Waals surface area contributed by atoms with Crippen LogP contribution in [-0.4, -0.2) is 31.7 Å². The van der Waals surface area contributed by atoms with Crippen LogP contribution in [0.2, 0.25) is 0 Å². The summed E-state index contributed by atoms with van der Waals surface area (Å²) in [7, 11) is 1.58. The second-order valence-corrected chi connectivity index (χ2v) is 10.1. The van der Waals surface area contributed by atoms with E-state index >= 15 is 0 Å². The van der Waals surface area contributed by atoms with Gasteiger partial charge in [0.15, 0.2) is 11.9 Å². The molecule has 0 spiro atoms. The van der Waals surface area contributed by atoms with Crippen molar-refractivity contribution in [1.82, 2.24) is 19.7 Å². The van der Waals surface area contributed by atoms with Crippen LogP contribution in [0.5, 0.6) is 0 Å². The number of aryl methyl sites for hydroxylation is 1. The molecule has 40 heavy (non-hydrogen) atoms. The minimum Gasteiger partial charge on any atom is -0.438 e. The number of nitrogens with one attached hydrogen (secondary N) is 1. The maximum Gasteiger partial charge on any atom is 0.417 e. The van der Waals surface area contributed by atoms with Gasteiger partial charge >= 0.3 is 12.3 Å². The molecule has 2 aromatic carbocycles. The molecule has 2 amide bonds. The van der Waals surface area contributed by atoms with Crippen molar-refractivity contribution in [2.45, 2.75) is 33.1 Å². The Kier molecular flexibility index (Phi) is 7.63. The molecule has 4 rings (SSSR count). The molecule has 0 radical (unpaired) electrons. The lowest BCUT2D eigenvalue weighted by atomic mass is 9.88. The second-order valence-electron chi connectivity index (χ2n) is 10.1. The van der Waals surface area contributed by atoms with Crippen LogP contribution in [0.3, 0.4) is 0 Å². The van der Waals surface area contributed by atoms with E-state index in [1.165, 1.54) is 23.1 Å². The number of carbonyl (C=O) groups is 2. The van der Waals surface area contributed by atoms with E-state index < -0.39 is 35.3 Å². The summed E-state index contributed by atoms with van der Waals surface area (Å²) < 4.78 is 47.9. The highest BCUT2D eigenvalue weighted by atomic mass is 19.4. The van der Waals surface area contributed by atoms with E-state index in [9.17, 15) is 22.8 Å². The fraction of sp³-hybridized carbons (Fsp3) is 0.250. The average Bonchev–Trinajstić information content (AvgIpc) is 3.32. The first kappa shape index (κ1) is 28.3. The van der Waals surface area contributed by atoms with E-state index in [0.29, 0.717) is 11.3 Å². The maximum atomic E-state index is 13.7. The molecule has 9 nitrogen and oxygen atoms in total. The fourth-order valence-electron chi connectivity index (χ4n) is 4.06. The largest absolute Gasteiger partial charge is 0.438 e. The van der Waals surface area contributed by atoms with Crippen LogP contribution >= 0.6 is 0 Å². The zero-order valence-corrected chi connectivity index (χ0v) is 22.2. The van der Waals surface area contributed by atoms with Crippen molar-refractivity contribution in [3.63, 3.8) is 0 Å². The Morgan fingerprint density at radius 3 is 2.33 bits per heavy atom. The lowest BCUT2D eigenvalue weighted by Gasteiger charge is -2.28. The van der Waals surface area contributed by atoms with Gasteiger partial charge in [0.25, 0.3) is 5.91 Å². The van der Waals surface area contributed by atoms with Crippen LogP contribution in [0.25, 0.3) is 22.5 Å². The molecule has 1 atom stereocenters. The monoisotopic (exact) mass is 552 g/mol. The Balaban J connectivity index is 1.76. The van der Waals surface area contributed by atoms with Gasteiger partial charge in [-0.05, 0) is 24.3 Å². The fourth-order valence-corrected chi connectivity index (χ4v) is 4.06. The predicted octanol–water partition coefficient (Wildman–Crippen LogP) is 6.00. The van der Waals surface area contributed by atoms with Gasteiger partial charge in [0.2, 0.25) is 0 Å². The molecular formula is C28H27F3N6O3. The smallest absolute Gasteiger partial charge is 0.417 e. The lowest BCUT2D eigenvalue weighted by molar-refractivity contribution is -0.137. The molecule has 1 unspecified atom stereocenters. The van der Waals surface area contributed by atoms with Gasteiger partial charge in [-0.15, -0.1) is 0 Å². The molecule has 0 aliphatic carbocycles. The van der Waals surface area contributed by atoms with Crippen molar-refractivity contribution in [1.29, 1.82) is 0 Å². The zero-order valence-electron chi connectivity index (χ0n) is 22.2. The number of nitrogens with two attached hydrogens (primary N) is 1. The summed E-state index contributed by atoms with van der Waals surface area (Å²) in [5, 5.41) is 6.79. The van der Waals surface area contributed by atoms with E-state index in [2.05, 4.69) is 20.4 Å². The molecular weight excluding hydrogens is 525 g/mol. The third kappa shape index (κ3) is 6.28. The number of hydrogen-bond acceptors (Lipinski definition) is 6. The van der Waals surface area contributed by atoms with Gasteiger partial charge in [0.1, 0.15) is 0 Å². The van der Waals surface area contributed by atoms with Gasteiger partial charge in [0, 0.05) is 35.3 Å². The van der Waals surface area contributed by atoms with Crippen LogP contribution in [0, 0.1) is 5.41 Å².